The number of aliphatic hydroxyl groups is 1. The lowest BCUT2D eigenvalue weighted by Crippen LogP contribution is -2.42. The number of nitrogens with two attached hydrogens (primary N) is 1. The van der Waals surface area contributed by atoms with E-state index in [1.54, 1.807) is 18.2 Å². The second-order valence-corrected chi connectivity index (χ2v) is 6.07. The van der Waals surface area contributed by atoms with Crippen molar-refractivity contribution in [2.24, 2.45) is 11.7 Å². The molecule has 0 aliphatic heterocycles. The molecule has 4 N–H and O–H groups in total. The van der Waals surface area contributed by atoms with E-state index >= 15 is 0 Å². The first kappa shape index (κ1) is 20.5. The Morgan fingerprint density at radius 1 is 1.29 bits per heavy atom. The highest BCUT2D eigenvalue weighted by molar-refractivity contribution is 6.34. The summed E-state index contributed by atoms with van der Waals surface area (Å²) in [6.07, 6.45) is -0.272. The van der Waals surface area contributed by atoms with Crippen LogP contribution in [0.5, 0.6) is 0 Å². The van der Waals surface area contributed by atoms with Gasteiger partial charge < -0.3 is 16.2 Å². The third kappa shape index (κ3) is 7.34. The summed E-state index contributed by atoms with van der Waals surface area (Å²) in [4.78, 5) is 11.7. The minimum Gasteiger partial charge on any atom is -0.387 e. The number of amides is 1. The van der Waals surface area contributed by atoms with Crippen LogP contribution in [-0.2, 0) is 4.79 Å². The van der Waals surface area contributed by atoms with Crippen molar-refractivity contribution >= 4 is 41.5 Å². The molecule has 0 saturated carbocycles. The summed E-state index contributed by atoms with van der Waals surface area (Å²) in [5.74, 6) is 0.0679. The highest BCUT2D eigenvalue weighted by Gasteiger charge is 2.17. The molecule has 0 aliphatic carbocycles. The summed E-state index contributed by atoms with van der Waals surface area (Å²) < 4.78 is 0. The van der Waals surface area contributed by atoms with Crippen LogP contribution in [0.4, 0.5) is 0 Å². The van der Waals surface area contributed by atoms with E-state index in [1.807, 2.05) is 13.8 Å². The molecule has 0 saturated heterocycles. The molecular weight excluding hydrogens is 335 g/mol. The third-order valence-electron chi connectivity index (χ3n) is 2.80. The molecule has 7 heteroatoms. The van der Waals surface area contributed by atoms with Gasteiger partial charge in [0.2, 0.25) is 5.91 Å². The maximum absolute atomic E-state index is 11.7. The number of hydrogen-bond acceptors (Lipinski definition) is 3. The Hall–Kier alpha value is -0.520. The Kier molecular flexibility index (Phi) is 9.25. The number of benzene rings is 1. The van der Waals surface area contributed by atoms with Crippen molar-refractivity contribution in [1.82, 2.24) is 5.32 Å². The fraction of sp³-hybridized carbons (Fsp3) is 0.500. The van der Waals surface area contributed by atoms with Gasteiger partial charge in [-0.1, -0.05) is 37.0 Å². The van der Waals surface area contributed by atoms with E-state index in [2.05, 4.69) is 5.32 Å². The molecule has 1 unspecified atom stereocenters. The predicted octanol–water partition coefficient (Wildman–Crippen LogP) is 2.94. The number of aliphatic hydroxyl groups excluding tert-OH is 1. The van der Waals surface area contributed by atoms with E-state index in [1.165, 1.54) is 0 Å². The van der Waals surface area contributed by atoms with E-state index < -0.39 is 12.1 Å². The number of rotatable bonds is 6. The van der Waals surface area contributed by atoms with Crippen LogP contribution in [0, 0.1) is 5.92 Å². The summed E-state index contributed by atoms with van der Waals surface area (Å²) >= 11 is 11.7. The zero-order chi connectivity index (χ0) is 15.3. The van der Waals surface area contributed by atoms with Gasteiger partial charge in [0.25, 0.3) is 0 Å². The van der Waals surface area contributed by atoms with Crippen molar-refractivity contribution in [1.29, 1.82) is 0 Å². The average Bonchev–Trinajstić information content (AvgIpc) is 2.33. The maximum atomic E-state index is 11.7. The van der Waals surface area contributed by atoms with Crippen molar-refractivity contribution in [3.8, 4) is 0 Å². The van der Waals surface area contributed by atoms with Crippen molar-refractivity contribution in [3.05, 3.63) is 33.8 Å². The highest BCUT2D eigenvalue weighted by Crippen LogP contribution is 2.23. The Bertz CT molecular complexity index is 449. The van der Waals surface area contributed by atoms with Crippen LogP contribution in [-0.4, -0.2) is 23.6 Å². The molecule has 4 nitrogen and oxygen atoms in total. The van der Waals surface area contributed by atoms with E-state index in [-0.39, 0.29) is 24.9 Å². The van der Waals surface area contributed by atoms with Gasteiger partial charge in [0, 0.05) is 16.6 Å². The summed E-state index contributed by atoms with van der Waals surface area (Å²) in [7, 11) is 0. The van der Waals surface area contributed by atoms with Crippen LogP contribution in [0.3, 0.4) is 0 Å². The third-order valence-corrected chi connectivity index (χ3v) is 3.24. The quantitative estimate of drug-likeness (QED) is 0.734. The molecule has 120 valence electrons. The van der Waals surface area contributed by atoms with Gasteiger partial charge in [-0.25, -0.2) is 0 Å². The Morgan fingerprint density at radius 3 is 2.29 bits per heavy atom. The van der Waals surface area contributed by atoms with Crippen molar-refractivity contribution in [2.75, 3.05) is 6.54 Å². The fourth-order valence-electron chi connectivity index (χ4n) is 1.83. The number of nitrogens with one attached hydrogen (secondary N) is 1. The summed E-state index contributed by atoms with van der Waals surface area (Å²) in [6.45, 7) is 4.06. The average molecular weight is 356 g/mol. The zero-order valence-corrected chi connectivity index (χ0v) is 14.3. The van der Waals surface area contributed by atoms with Gasteiger partial charge in [0.05, 0.1) is 12.1 Å². The smallest absolute Gasteiger partial charge is 0.237 e. The molecule has 1 aromatic carbocycles. The number of carbonyl (C=O) groups excluding carboxylic acids is 1. The van der Waals surface area contributed by atoms with Crippen molar-refractivity contribution in [3.63, 3.8) is 0 Å². The molecule has 0 aromatic heterocycles. The molecule has 0 fully saturated rings. The monoisotopic (exact) mass is 354 g/mol. The normalized spacial score (nSPS) is 13.5. The molecule has 1 amide bonds. The largest absolute Gasteiger partial charge is 0.387 e. The van der Waals surface area contributed by atoms with Gasteiger partial charge in [-0.15, -0.1) is 12.4 Å². The highest BCUT2D eigenvalue weighted by atomic mass is 35.5. The molecule has 0 heterocycles. The molecule has 0 radical (unpaired) electrons. The number of halogens is 3. The van der Waals surface area contributed by atoms with Crippen molar-refractivity contribution in [2.45, 2.75) is 32.4 Å². The van der Waals surface area contributed by atoms with Crippen LogP contribution in [0.1, 0.15) is 31.9 Å². The van der Waals surface area contributed by atoms with Gasteiger partial charge in [0.1, 0.15) is 0 Å². The van der Waals surface area contributed by atoms with Gasteiger partial charge in [-0.05, 0) is 36.1 Å². The van der Waals surface area contributed by atoms with Crippen molar-refractivity contribution < 1.29 is 9.90 Å². The van der Waals surface area contributed by atoms with Gasteiger partial charge >= 0.3 is 0 Å². The fourth-order valence-corrected chi connectivity index (χ4v) is 2.37. The van der Waals surface area contributed by atoms with E-state index in [0.717, 1.165) is 0 Å². The second kappa shape index (κ2) is 9.49. The summed E-state index contributed by atoms with van der Waals surface area (Å²) in [5.41, 5.74) is 6.31. The molecule has 0 spiro atoms. The van der Waals surface area contributed by atoms with E-state index in [4.69, 9.17) is 28.9 Å². The minimum atomic E-state index is -0.874. The van der Waals surface area contributed by atoms with E-state index in [9.17, 15) is 9.90 Å². The van der Waals surface area contributed by atoms with Gasteiger partial charge in [-0.2, -0.15) is 0 Å². The maximum Gasteiger partial charge on any atom is 0.237 e. The topological polar surface area (TPSA) is 75.4 Å². The molecule has 1 rings (SSSR count). The van der Waals surface area contributed by atoms with Crippen LogP contribution in [0.2, 0.25) is 10.0 Å². The molecule has 21 heavy (non-hydrogen) atoms. The second-order valence-electron chi connectivity index (χ2n) is 5.20. The van der Waals surface area contributed by atoms with E-state index in [0.29, 0.717) is 27.9 Å². The van der Waals surface area contributed by atoms with Crippen LogP contribution >= 0.6 is 35.6 Å². The molecule has 2 atom stereocenters. The zero-order valence-electron chi connectivity index (χ0n) is 12.0. The van der Waals surface area contributed by atoms with Crippen LogP contribution in [0.25, 0.3) is 0 Å². The lowest BCUT2D eigenvalue weighted by molar-refractivity contribution is -0.123. The summed E-state index contributed by atoms with van der Waals surface area (Å²) in [5, 5.41) is 13.5. The minimum absolute atomic E-state index is 0. The standard InChI is InChI=1S/C14H20Cl2N2O2.ClH/c1-8(2)3-12(17)14(20)18-7-13(19)9-4-10(15)6-11(16)5-9;/h4-6,8,12-13,19H,3,7,17H2,1-2H3,(H,18,20);1H/t12-,13?;/m0./s1. The lowest BCUT2D eigenvalue weighted by Gasteiger charge is -2.17. The van der Waals surface area contributed by atoms with Gasteiger partial charge in [0.15, 0.2) is 0 Å². The Balaban J connectivity index is 0.00000400. The first-order chi connectivity index (χ1) is 9.29. The first-order valence-electron chi connectivity index (χ1n) is 6.47. The molecule has 1 aromatic rings. The predicted molar refractivity (Wildman–Crippen MR) is 89.1 cm³/mol. The Labute approximate surface area is 141 Å². The van der Waals surface area contributed by atoms with Crippen LogP contribution < -0.4 is 11.1 Å². The molecule has 0 bridgehead atoms. The number of carbonyl (C=O) groups is 1. The van der Waals surface area contributed by atoms with Gasteiger partial charge in [-0.3, -0.25) is 4.79 Å². The SMILES string of the molecule is CC(C)C[C@H](N)C(=O)NCC(O)c1cc(Cl)cc(Cl)c1.Cl. The first-order valence-corrected chi connectivity index (χ1v) is 7.22. The Morgan fingerprint density at radius 2 is 1.81 bits per heavy atom. The van der Waals surface area contributed by atoms with Crippen LogP contribution in [0.15, 0.2) is 18.2 Å². The lowest BCUT2D eigenvalue weighted by atomic mass is 10.0. The molecule has 0 aliphatic rings. The summed E-state index contributed by atoms with van der Waals surface area (Å²) in [6, 6.07) is 4.23. The molecular formula is C14H21Cl3N2O2. The number of hydrogen-bond donors (Lipinski definition) is 3.